The molecule has 0 unspecified atom stereocenters. The van der Waals surface area contributed by atoms with Crippen molar-refractivity contribution < 1.29 is 10.2 Å². The van der Waals surface area contributed by atoms with Crippen LogP contribution in [0.3, 0.4) is 0 Å². The van der Waals surface area contributed by atoms with Gasteiger partial charge in [0.25, 0.3) is 0 Å². The molecule has 0 radical (unpaired) electrons. The fourth-order valence-corrected chi connectivity index (χ4v) is 1.27. The van der Waals surface area contributed by atoms with Crippen molar-refractivity contribution in [2.75, 3.05) is 0 Å². The van der Waals surface area contributed by atoms with Crippen molar-refractivity contribution in [2.24, 2.45) is 0 Å². The molecule has 1 aromatic carbocycles. The van der Waals surface area contributed by atoms with Crippen LogP contribution in [0.2, 0.25) is 0 Å². The SMILES string of the molecule is CCCc1cc(O)ccc1CO. The highest BCUT2D eigenvalue weighted by molar-refractivity contribution is 5.34. The highest BCUT2D eigenvalue weighted by atomic mass is 16.3. The molecule has 12 heavy (non-hydrogen) atoms. The van der Waals surface area contributed by atoms with Crippen molar-refractivity contribution in [3.05, 3.63) is 29.3 Å². The van der Waals surface area contributed by atoms with Crippen LogP contribution >= 0.6 is 0 Å². The van der Waals surface area contributed by atoms with Crippen LogP contribution in [0.5, 0.6) is 5.75 Å². The fraction of sp³-hybridized carbons (Fsp3) is 0.400. The second-order valence-electron chi connectivity index (χ2n) is 2.86. The van der Waals surface area contributed by atoms with Crippen molar-refractivity contribution in [2.45, 2.75) is 26.4 Å². The summed E-state index contributed by atoms with van der Waals surface area (Å²) in [5, 5.41) is 18.1. The van der Waals surface area contributed by atoms with E-state index in [4.69, 9.17) is 5.11 Å². The first-order chi connectivity index (χ1) is 5.77. The average Bonchev–Trinajstić information content (AvgIpc) is 2.05. The third-order valence-corrected chi connectivity index (χ3v) is 1.88. The van der Waals surface area contributed by atoms with Crippen molar-refractivity contribution in [1.82, 2.24) is 0 Å². The Bertz CT molecular complexity index is 256. The quantitative estimate of drug-likeness (QED) is 0.719. The molecule has 0 spiro atoms. The van der Waals surface area contributed by atoms with Crippen LogP contribution in [0.1, 0.15) is 24.5 Å². The molecule has 2 N–H and O–H groups in total. The first-order valence-corrected chi connectivity index (χ1v) is 4.19. The first-order valence-electron chi connectivity index (χ1n) is 4.19. The molecule has 0 aromatic heterocycles. The van der Waals surface area contributed by atoms with E-state index >= 15 is 0 Å². The summed E-state index contributed by atoms with van der Waals surface area (Å²) in [6.07, 6.45) is 1.93. The largest absolute Gasteiger partial charge is 0.508 e. The minimum atomic E-state index is 0.0512. The summed E-state index contributed by atoms with van der Waals surface area (Å²) in [5.74, 6) is 0.274. The summed E-state index contributed by atoms with van der Waals surface area (Å²) in [5.41, 5.74) is 1.95. The Labute approximate surface area is 72.5 Å². The van der Waals surface area contributed by atoms with Crippen molar-refractivity contribution in [3.63, 3.8) is 0 Å². The minimum absolute atomic E-state index is 0.0512. The lowest BCUT2D eigenvalue weighted by molar-refractivity contribution is 0.280. The van der Waals surface area contributed by atoms with E-state index in [1.54, 1.807) is 18.2 Å². The Balaban J connectivity index is 2.95. The number of phenolic OH excluding ortho intramolecular Hbond substituents is 1. The number of aromatic hydroxyl groups is 1. The van der Waals surface area contributed by atoms with Gasteiger partial charge in [-0.05, 0) is 29.7 Å². The van der Waals surface area contributed by atoms with E-state index in [-0.39, 0.29) is 12.4 Å². The molecule has 66 valence electrons. The molecule has 0 saturated heterocycles. The van der Waals surface area contributed by atoms with Gasteiger partial charge in [0.2, 0.25) is 0 Å². The summed E-state index contributed by atoms with van der Waals surface area (Å²) in [6, 6.07) is 5.08. The lowest BCUT2D eigenvalue weighted by Crippen LogP contribution is -1.92. The third kappa shape index (κ3) is 1.98. The third-order valence-electron chi connectivity index (χ3n) is 1.88. The first kappa shape index (κ1) is 9.07. The maximum atomic E-state index is 9.18. The molecule has 0 aliphatic carbocycles. The monoisotopic (exact) mass is 166 g/mol. The lowest BCUT2D eigenvalue weighted by Gasteiger charge is -2.05. The fourth-order valence-electron chi connectivity index (χ4n) is 1.27. The number of phenols is 1. The summed E-state index contributed by atoms with van der Waals surface area (Å²) in [4.78, 5) is 0. The standard InChI is InChI=1S/C10H14O2/c1-2-3-8-6-10(12)5-4-9(8)7-11/h4-6,11-12H,2-3,7H2,1H3. The van der Waals surface area contributed by atoms with Crippen molar-refractivity contribution in [3.8, 4) is 5.75 Å². The van der Waals surface area contributed by atoms with Gasteiger partial charge in [0.1, 0.15) is 5.75 Å². The normalized spacial score (nSPS) is 10.2. The molecule has 0 heterocycles. The van der Waals surface area contributed by atoms with Crippen LogP contribution in [0.15, 0.2) is 18.2 Å². The molecule has 2 heteroatoms. The molecule has 0 fully saturated rings. The zero-order valence-corrected chi connectivity index (χ0v) is 7.25. The van der Waals surface area contributed by atoms with Crippen LogP contribution in [0, 0.1) is 0 Å². The van der Waals surface area contributed by atoms with Crippen LogP contribution in [0.4, 0.5) is 0 Å². The summed E-state index contributed by atoms with van der Waals surface area (Å²) >= 11 is 0. The second-order valence-corrected chi connectivity index (χ2v) is 2.86. The molecule has 0 saturated carbocycles. The zero-order chi connectivity index (χ0) is 8.97. The zero-order valence-electron chi connectivity index (χ0n) is 7.25. The number of aliphatic hydroxyl groups is 1. The summed E-state index contributed by atoms with van der Waals surface area (Å²) < 4.78 is 0. The number of aryl methyl sites for hydroxylation is 1. The van der Waals surface area contributed by atoms with Gasteiger partial charge >= 0.3 is 0 Å². The number of rotatable bonds is 3. The lowest BCUT2D eigenvalue weighted by atomic mass is 10.0. The van der Waals surface area contributed by atoms with Gasteiger partial charge < -0.3 is 10.2 Å². The van der Waals surface area contributed by atoms with E-state index in [1.807, 2.05) is 0 Å². The summed E-state index contributed by atoms with van der Waals surface area (Å²) in [6.45, 7) is 2.13. The van der Waals surface area contributed by atoms with E-state index in [0.29, 0.717) is 0 Å². The van der Waals surface area contributed by atoms with E-state index in [9.17, 15) is 5.11 Å². The Morgan fingerprint density at radius 1 is 1.25 bits per heavy atom. The highest BCUT2D eigenvalue weighted by Crippen LogP contribution is 2.17. The van der Waals surface area contributed by atoms with E-state index in [2.05, 4.69) is 6.92 Å². The minimum Gasteiger partial charge on any atom is -0.508 e. The average molecular weight is 166 g/mol. The van der Waals surface area contributed by atoms with Crippen molar-refractivity contribution in [1.29, 1.82) is 0 Å². The maximum absolute atomic E-state index is 9.18. The van der Waals surface area contributed by atoms with E-state index in [1.165, 1.54) is 0 Å². The van der Waals surface area contributed by atoms with Gasteiger partial charge in [-0.15, -0.1) is 0 Å². The molecular weight excluding hydrogens is 152 g/mol. The van der Waals surface area contributed by atoms with Gasteiger partial charge in [0.15, 0.2) is 0 Å². The maximum Gasteiger partial charge on any atom is 0.115 e. The number of hydrogen-bond donors (Lipinski definition) is 2. The second kappa shape index (κ2) is 4.12. The van der Waals surface area contributed by atoms with Gasteiger partial charge in [-0.2, -0.15) is 0 Å². The van der Waals surface area contributed by atoms with Gasteiger partial charge in [-0.25, -0.2) is 0 Å². The molecule has 1 aromatic rings. The van der Waals surface area contributed by atoms with E-state index in [0.717, 1.165) is 24.0 Å². The Morgan fingerprint density at radius 2 is 2.00 bits per heavy atom. The molecule has 1 rings (SSSR count). The number of benzene rings is 1. The molecule has 0 aliphatic heterocycles. The molecule has 2 nitrogen and oxygen atoms in total. The Morgan fingerprint density at radius 3 is 2.58 bits per heavy atom. The molecule has 0 atom stereocenters. The van der Waals surface area contributed by atoms with Gasteiger partial charge in [-0.1, -0.05) is 19.4 Å². The van der Waals surface area contributed by atoms with E-state index < -0.39 is 0 Å². The van der Waals surface area contributed by atoms with Crippen LogP contribution in [-0.2, 0) is 13.0 Å². The molecule has 0 aliphatic rings. The van der Waals surface area contributed by atoms with Crippen LogP contribution in [0.25, 0.3) is 0 Å². The Kier molecular flexibility index (Phi) is 3.11. The predicted octanol–water partition coefficient (Wildman–Crippen LogP) is 1.84. The number of aliphatic hydroxyl groups excluding tert-OH is 1. The smallest absolute Gasteiger partial charge is 0.115 e. The predicted molar refractivity (Wildman–Crippen MR) is 48.0 cm³/mol. The van der Waals surface area contributed by atoms with Crippen molar-refractivity contribution >= 4 is 0 Å². The van der Waals surface area contributed by atoms with Crippen LogP contribution in [-0.4, -0.2) is 10.2 Å². The molecule has 0 bridgehead atoms. The van der Waals surface area contributed by atoms with Gasteiger partial charge in [0, 0.05) is 0 Å². The summed E-state index contributed by atoms with van der Waals surface area (Å²) in [7, 11) is 0. The molecule has 0 amide bonds. The topological polar surface area (TPSA) is 40.5 Å². The van der Waals surface area contributed by atoms with Gasteiger partial charge in [0.05, 0.1) is 6.61 Å². The number of hydrogen-bond acceptors (Lipinski definition) is 2. The van der Waals surface area contributed by atoms with Crippen LogP contribution < -0.4 is 0 Å². The Hall–Kier alpha value is -1.02. The molecular formula is C10H14O2. The highest BCUT2D eigenvalue weighted by Gasteiger charge is 2.00. The van der Waals surface area contributed by atoms with Gasteiger partial charge in [-0.3, -0.25) is 0 Å².